The molecule has 0 aliphatic rings. The van der Waals surface area contributed by atoms with Gasteiger partial charge in [0.25, 0.3) is 0 Å². The molecule has 2 aromatic rings. The lowest BCUT2D eigenvalue weighted by molar-refractivity contribution is 0.217. The molecule has 1 N–H and O–H groups in total. The van der Waals surface area contributed by atoms with Crippen molar-refractivity contribution < 1.29 is 0 Å². The number of hydrogen-bond acceptors (Lipinski definition) is 3. The molecule has 1 aromatic carbocycles. The van der Waals surface area contributed by atoms with Crippen molar-refractivity contribution in [2.24, 2.45) is 5.92 Å². The third-order valence-corrected chi connectivity index (χ3v) is 4.85. The normalized spacial score (nSPS) is 14.3. The molecule has 114 valence electrons. The van der Waals surface area contributed by atoms with E-state index < -0.39 is 0 Å². The minimum atomic E-state index is 0.406. The molecular formula is C18H26N2S. The molecule has 0 aliphatic heterocycles. The summed E-state index contributed by atoms with van der Waals surface area (Å²) in [6.07, 6.45) is 0. The highest BCUT2D eigenvalue weighted by molar-refractivity contribution is 7.09. The summed E-state index contributed by atoms with van der Waals surface area (Å²) >= 11 is 1.85. The predicted octanol–water partition coefficient (Wildman–Crippen LogP) is 4.17. The van der Waals surface area contributed by atoms with E-state index in [1.807, 2.05) is 11.3 Å². The van der Waals surface area contributed by atoms with E-state index in [2.05, 4.69) is 79.0 Å². The lowest BCUT2D eigenvalue weighted by atomic mass is 9.94. The van der Waals surface area contributed by atoms with E-state index in [4.69, 9.17) is 0 Å². The zero-order chi connectivity index (χ0) is 15.1. The van der Waals surface area contributed by atoms with Gasteiger partial charge < -0.3 is 5.32 Å². The first-order chi connectivity index (χ1) is 10.2. The Bertz CT molecular complexity index is 495. The summed E-state index contributed by atoms with van der Waals surface area (Å²) in [7, 11) is 2.06. The average molecular weight is 302 g/mol. The van der Waals surface area contributed by atoms with Gasteiger partial charge in [-0.05, 0) is 36.5 Å². The van der Waals surface area contributed by atoms with E-state index in [0.717, 1.165) is 19.6 Å². The molecule has 0 radical (unpaired) electrons. The zero-order valence-corrected chi connectivity index (χ0v) is 14.1. The highest BCUT2D eigenvalue weighted by atomic mass is 32.1. The molecule has 2 nitrogen and oxygen atoms in total. The Balaban J connectivity index is 1.98. The van der Waals surface area contributed by atoms with Crippen LogP contribution < -0.4 is 5.32 Å². The van der Waals surface area contributed by atoms with Gasteiger partial charge in [0.05, 0.1) is 0 Å². The van der Waals surface area contributed by atoms with Crippen LogP contribution in [0.25, 0.3) is 0 Å². The van der Waals surface area contributed by atoms with Gasteiger partial charge in [-0.3, -0.25) is 4.90 Å². The molecular weight excluding hydrogens is 276 g/mol. The first kappa shape index (κ1) is 16.2. The summed E-state index contributed by atoms with van der Waals surface area (Å²) in [5.74, 6) is 0.567. The van der Waals surface area contributed by atoms with Crippen molar-refractivity contribution in [3.63, 3.8) is 0 Å². The molecule has 0 amide bonds. The average Bonchev–Trinajstić information content (AvgIpc) is 3.01. The van der Waals surface area contributed by atoms with Crippen LogP contribution in [0.2, 0.25) is 0 Å². The van der Waals surface area contributed by atoms with Crippen LogP contribution in [-0.2, 0) is 6.54 Å². The molecule has 0 aliphatic carbocycles. The van der Waals surface area contributed by atoms with E-state index in [1.165, 1.54) is 10.4 Å². The highest BCUT2D eigenvalue weighted by Gasteiger charge is 2.19. The summed E-state index contributed by atoms with van der Waals surface area (Å²) < 4.78 is 0. The molecule has 1 heterocycles. The fourth-order valence-electron chi connectivity index (χ4n) is 2.88. The molecule has 0 bridgehead atoms. The molecule has 3 heteroatoms. The Morgan fingerprint density at radius 1 is 1.14 bits per heavy atom. The summed E-state index contributed by atoms with van der Waals surface area (Å²) in [5, 5.41) is 5.64. The molecule has 21 heavy (non-hydrogen) atoms. The van der Waals surface area contributed by atoms with Crippen LogP contribution in [0.1, 0.15) is 30.3 Å². The van der Waals surface area contributed by atoms with Gasteiger partial charge in [-0.1, -0.05) is 50.2 Å². The summed E-state index contributed by atoms with van der Waals surface area (Å²) in [6.45, 7) is 7.84. The van der Waals surface area contributed by atoms with Gasteiger partial charge in [-0.25, -0.2) is 0 Å². The molecule has 0 saturated heterocycles. The van der Waals surface area contributed by atoms with Crippen molar-refractivity contribution in [3.05, 3.63) is 58.3 Å². The SMILES string of the molecule is CCN(Cc1cccs1)CC(C)C(NC)c1ccccc1. The number of thiophene rings is 1. The van der Waals surface area contributed by atoms with Gasteiger partial charge in [-0.15, -0.1) is 11.3 Å². The van der Waals surface area contributed by atoms with Crippen LogP contribution in [0.3, 0.4) is 0 Å². The molecule has 2 rings (SSSR count). The second kappa shape index (κ2) is 8.32. The van der Waals surface area contributed by atoms with Crippen LogP contribution >= 0.6 is 11.3 Å². The summed E-state index contributed by atoms with van der Waals surface area (Å²) in [5.41, 5.74) is 1.37. The van der Waals surface area contributed by atoms with Crippen LogP contribution in [0, 0.1) is 5.92 Å². The number of nitrogens with one attached hydrogen (secondary N) is 1. The molecule has 0 saturated carbocycles. The zero-order valence-electron chi connectivity index (χ0n) is 13.3. The van der Waals surface area contributed by atoms with Crippen molar-refractivity contribution in [2.45, 2.75) is 26.4 Å². The van der Waals surface area contributed by atoms with E-state index in [1.54, 1.807) is 0 Å². The Labute approximate surface area is 132 Å². The van der Waals surface area contributed by atoms with Gasteiger partial charge >= 0.3 is 0 Å². The van der Waals surface area contributed by atoms with Crippen LogP contribution in [0.4, 0.5) is 0 Å². The van der Waals surface area contributed by atoms with Crippen molar-refractivity contribution in [1.82, 2.24) is 10.2 Å². The standard InChI is InChI=1S/C18H26N2S/c1-4-20(14-17-11-8-12-21-17)13-15(2)18(19-3)16-9-6-5-7-10-16/h5-12,15,18-19H,4,13-14H2,1-3H3. The van der Waals surface area contributed by atoms with Crippen molar-refractivity contribution in [2.75, 3.05) is 20.1 Å². The fraction of sp³-hybridized carbons (Fsp3) is 0.444. The Morgan fingerprint density at radius 2 is 1.90 bits per heavy atom. The predicted molar refractivity (Wildman–Crippen MR) is 92.7 cm³/mol. The monoisotopic (exact) mass is 302 g/mol. The first-order valence-corrected chi connectivity index (χ1v) is 8.59. The molecule has 2 atom stereocenters. The third-order valence-electron chi connectivity index (χ3n) is 3.99. The van der Waals surface area contributed by atoms with Crippen LogP contribution in [0.5, 0.6) is 0 Å². The van der Waals surface area contributed by atoms with Gasteiger partial charge in [0.15, 0.2) is 0 Å². The number of nitrogens with zero attached hydrogens (tertiary/aromatic N) is 1. The quantitative estimate of drug-likeness (QED) is 0.787. The van der Waals surface area contributed by atoms with Crippen molar-refractivity contribution >= 4 is 11.3 Å². The van der Waals surface area contributed by atoms with E-state index in [0.29, 0.717) is 12.0 Å². The van der Waals surface area contributed by atoms with Crippen molar-refractivity contribution in [3.8, 4) is 0 Å². The lowest BCUT2D eigenvalue weighted by Crippen LogP contribution is -2.34. The number of benzene rings is 1. The van der Waals surface area contributed by atoms with Crippen molar-refractivity contribution in [1.29, 1.82) is 0 Å². The van der Waals surface area contributed by atoms with Gasteiger partial charge in [-0.2, -0.15) is 0 Å². The smallest absolute Gasteiger partial charge is 0.0355 e. The van der Waals surface area contributed by atoms with Crippen LogP contribution in [0.15, 0.2) is 47.8 Å². The second-order valence-corrected chi connectivity index (χ2v) is 6.59. The summed E-state index contributed by atoms with van der Waals surface area (Å²) in [4.78, 5) is 3.98. The van der Waals surface area contributed by atoms with Gasteiger partial charge in [0.1, 0.15) is 0 Å². The summed E-state index contributed by atoms with van der Waals surface area (Å²) in [6, 6.07) is 15.5. The van der Waals surface area contributed by atoms with Crippen LogP contribution in [-0.4, -0.2) is 25.0 Å². The molecule has 2 unspecified atom stereocenters. The van der Waals surface area contributed by atoms with E-state index in [-0.39, 0.29) is 0 Å². The maximum absolute atomic E-state index is 3.48. The topological polar surface area (TPSA) is 15.3 Å². The van der Waals surface area contributed by atoms with Gasteiger partial charge in [0, 0.05) is 24.0 Å². The highest BCUT2D eigenvalue weighted by Crippen LogP contribution is 2.23. The Kier molecular flexibility index (Phi) is 6.43. The van der Waals surface area contributed by atoms with E-state index >= 15 is 0 Å². The third kappa shape index (κ3) is 4.67. The van der Waals surface area contributed by atoms with E-state index in [9.17, 15) is 0 Å². The minimum Gasteiger partial charge on any atom is -0.313 e. The minimum absolute atomic E-state index is 0.406. The largest absolute Gasteiger partial charge is 0.313 e. The Morgan fingerprint density at radius 3 is 2.48 bits per heavy atom. The maximum Gasteiger partial charge on any atom is 0.0355 e. The number of rotatable bonds is 8. The second-order valence-electron chi connectivity index (χ2n) is 5.56. The maximum atomic E-state index is 3.48. The van der Waals surface area contributed by atoms with Gasteiger partial charge in [0.2, 0.25) is 0 Å². The fourth-order valence-corrected chi connectivity index (χ4v) is 3.63. The molecule has 0 spiro atoms. The molecule has 0 fully saturated rings. The first-order valence-electron chi connectivity index (χ1n) is 7.71. The lowest BCUT2D eigenvalue weighted by Gasteiger charge is -2.29. The Hall–Kier alpha value is -1.16. The number of hydrogen-bond donors (Lipinski definition) is 1. The molecule has 1 aromatic heterocycles.